The highest BCUT2D eigenvalue weighted by Crippen LogP contribution is 2.25. The van der Waals surface area contributed by atoms with Crippen LogP contribution < -0.4 is 4.74 Å². The monoisotopic (exact) mass is 233 g/mol. The first-order valence-electron chi connectivity index (χ1n) is 5.62. The lowest BCUT2D eigenvalue weighted by molar-refractivity contribution is -0.140. The lowest BCUT2D eigenvalue weighted by Crippen LogP contribution is -2.13. The Labute approximate surface area is 100 Å². The SMILES string of the molecule is COc1ccc2c(c1)CCC/C2=N\OC(C)=O. The third kappa shape index (κ3) is 2.64. The van der Waals surface area contributed by atoms with Gasteiger partial charge in [-0.05, 0) is 43.0 Å². The van der Waals surface area contributed by atoms with Crippen molar-refractivity contribution in [1.29, 1.82) is 0 Å². The highest BCUT2D eigenvalue weighted by atomic mass is 16.7. The third-order valence-electron chi connectivity index (χ3n) is 2.77. The topological polar surface area (TPSA) is 47.9 Å². The summed E-state index contributed by atoms with van der Waals surface area (Å²) in [4.78, 5) is 15.5. The van der Waals surface area contributed by atoms with E-state index in [2.05, 4.69) is 5.16 Å². The number of benzene rings is 1. The summed E-state index contributed by atoms with van der Waals surface area (Å²) in [7, 11) is 1.65. The molecule has 2 rings (SSSR count). The molecule has 0 aliphatic heterocycles. The molecule has 90 valence electrons. The van der Waals surface area contributed by atoms with Crippen molar-refractivity contribution >= 4 is 11.7 Å². The summed E-state index contributed by atoms with van der Waals surface area (Å²) in [6, 6.07) is 5.88. The van der Waals surface area contributed by atoms with E-state index in [0.717, 1.165) is 36.3 Å². The Morgan fingerprint density at radius 3 is 2.88 bits per heavy atom. The van der Waals surface area contributed by atoms with Crippen LogP contribution >= 0.6 is 0 Å². The molecule has 4 nitrogen and oxygen atoms in total. The largest absolute Gasteiger partial charge is 0.497 e. The van der Waals surface area contributed by atoms with Crippen molar-refractivity contribution in [2.45, 2.75) is 26.2 Å². The van der Waals surface area contributed by atoms with Gasteiger partial charge in [-0.3, -0.25) is 0 Å². The Kier molecular flexibility index (Phi) is 3.42. The van der Waals surface area contributed by atoms with Crippen LogP contribution in [-0.4, -0.2) is 18.8 Å². The number of hydrogen-bond acceptors (Lipinski definition) is 4. The van der Waals surface area contributed by atoms with Crippen LogP contribution in [0.15, 0.2) is 23.4 Å². The van der Waals surface area contributed by atoms with Crippen LogP contribution in [0.25, 0.3) is 0 Å². The van der Waals surface area contributed by atoms with Crippen LogP contribution in [0.3, 0.4) is 0 Å². The number of rotatable bonds is 2. The maximum Gasteiger partial charge on any atom is 0.331 e. The van der Waals surface area contributed by atoms with Crippen molar-refractivity contribution in [2.24, 2.45) is 5.16 Å². The van der Waals surface area contributed by atoms with Gasteiger partial charge in [-0.1, -0.05) is 5.16 Å². The fourth-order valence-electron chi connectivity index (χ4n) is 1.98. The number of aryl methyl sites for hydroxylation is 1. The Morgan fingerprint density at radius 1 is 1.35 bits per heavy atom. The van der Waals surface area contributed by atoms with Crippen molar-refractivity contribution < 1.29 is 14.4 Å². The molecule has 0 saturated heterocycles. The quantitative estimate of drug-likeness (QED) is 0.581. The Bertz CT molecular complexity index is 466. The highest BCUT2D eigenvalue weighted by molar-refractivity contribution is 6.02. The van der Waals surface area contributed by atoms with Gasteiger partial charge in [-0.2, -0.15) is 0 Å². The lowest BCUT2D eigenvalue weighted by atomic mass is 9.90. The fraction of sp³-hybridized carbons (Fsp3) is 0.385. The van der Waals surface area contributed by atoms with Crippen LogP contribution in [0.4, 0.5) is 0 Å². The summed E-state index contributed by atoms with van der Waals surface area (Å²) in [5.74, 6) is 0.454. The van der Waals surface area contributed by atoms with E-state index in [1.165, 1.54) is 12.5 Å². The minimum atomic E-state index is -0.391. The normalized spacial score (nSPS) is 16.5. The van der Waals surface area contributed by atoms with Crippen LogP contribution in [0.5, 0.6) is 5.75 Å². The number of hydrogen-bond donors (Lipinski definition) is 0. The minimum Gasteiger partial charge on any atom is -0.497 e. The number of carbonyl (C=O) groups excluding carboxylic acids is 1. The molecule has 0 N–H and O–H groups in total. The van der Waals surface area contributed by atoms with Gasteiger partial charge in [0.2, 0.25) is 0 Å². The second-order valence-corrected chi connectivity index (χ2v) is 4.00. The molecule has 1 aromatic rings. The predicted octanol–water partition coefficient (Wildman–Crippen LogP) is 2.30. The van der Waals surface area contributed by atoms with Crippen molar-refractivity contribution in [3.8, 4) is 5.75 Å². The Morgan fingerprint density at radius 2 is 2.18 bits per heavy atom. The molecule has 0 saturated carbocycles. The van der Waals surface area contributed by atoms with E-state index in [4.69, 9.17) is 9.57 Å². The molecule has 0 aromatic heterocycles. The maximum atomic E-state index is 10.7. The summed E-state index contributed by atoms with van der Waals surface area (Å²) in [5, 5.41) is 3.91. The molecule has 1 aliphatic rings. The number of fused-ring (bicyclic) bond motifs is 1. The first-order valence-corrected chi connectivity index (χ1v) is 5.62. The van der Waals surface area contributed by atoms with E-state index in [0.29, 0.717) is 0 Å². The van der Waals surface area contributed by atoms with Crippen molar-refractivity contribution in [3.05, 3.63) is 29.3 Å². The molecule has 17 heavy (non-hydrogen) atoms. The zero-order valence-electron chi connectivity index (χ0n) is 10.0. The van der Waals surface area contributed by atoms with E-state index in [9.17, 15) is 4.79 Å². The zero-order valence-corrected chi connectivity index (χ0v) is 10.0. The van der Waals surface area contributed by atoms with Gasteiger partial charge in [0, 0.05) is 12.5 Å². The van der Waals surface area contributed by atoms with Crippen LogP contribution in [0.1, 0.15) is 30.9 Å². The molecule has 0 heterocycles. The van der Waals surface area contributed by atoms with Gasteiger partial charge in [0.25, 0.3) is 0 Å². The number of oxime groups is 1. The van der Waals surface area contributed by atoms with Gasteiger partial charge in [0.1, 0.15) is 5.75 Å². The molecule has 1 aromatic carbocycles. The van der Waals surface area contributed by atoms with Crippen molar-refractivity contribution in [3.63, 3.8) is 0 Å². The Balaban J connectivity index is 2.31. The molecule has 0 radical (unpaired) electrons. The van der Waals surface area contributed by atoms with Gasteiger partial charge < -0.3 is 9.57 Å². The maximum absolute atomic E-state index is 10.7. The Hall–Kier alpha value is -1.84. The standard InChI is InChI=1S/C13H15NO3/c1-9(15)17-14-13-5-3-4-10-8-11(16-2)6-7-12(10)13/h6-8H,3-5H2,1-2H3/b14-13+. The van der Waals surface area contributed by atoms with E-state index in [1.54, 1.807) is 7.11 Å². The highest BCUT2D eigenvalue weighted by Gasteiger charge is 2.16. The van der Waals surface area contributed by atoms with E-state index < -0.39 is 5.97 Å². The molecule has 0 fully saturated rings. The number of methoxy groups -OCH3 is 1. The van der Waals surface area contributed by atoms with Gasteiger partial charge in [0.15, 0.2) is 0 Å². The van der Waals surface area contributed by atoms with E-state index >= 15 is 0 Å². The van der Waals surface area contributed by atoms with Crippen molar-refractivity contribution in [1.82, 2.24) is 0 Å². The average molecular weight is 233 g/mol. The molecule has 4 heteroatoms. The molecule has 1 aliphatic carbocycles. The molecule has 0 amide bonds. The molecular formula is C13H15NO3. The first kappa shape index (κ1) is 11.6. The van der Waals surface area contributed by atoms with Gasteiger partial charge in [-0.15, -0.1) is 0 Å². The summed E-state index contributed by atoms with van der Waals surface area (Å²) < 4.78 is 5.19. The van der Waals surface area contributed by atoms with Crippen LogP contribution in [0.2, 0.25) is 0 Å². The number of nitrogens with zero attached hydrogens (tertiary/aromatic N) is 1. The molecule has 0 spiro atoms. The molecule has 0 unspecified atom stereocenters. The summed E-state index contributed by atoms with van der Waals surface area (Å²) in [6.07, 6.45) is 2.86. The van der Waals surface area contributed by atoms with E-state index in [-0.39, 0.29) is 0 Å². The summed E-state index contributed by atoms with van der Waals surface area (Å²) >= 11 is 0. The van der Waals surface area contributed by atoms with Gasteiger partial charge in [0.05, 0.1) is 12.8 Å². The number of carbonyl (C=O) groups is 1. The second kappa shape index (κ2) is 4.99. The van der Waals surface area contributed by atoms with Gasteiger partial charge >= 0.3 is 5.97 Å². The smallest absolute Gasteiger partial charge is 0.331 e. The summed E-state index contributed by atoms with van der Waals surface area (Å²) in [5.41, 5.74) is 3.09. The zero-order chi connectivity index (χ0) is 12.3. The summed E-state index contributed by atoms with van der Waals surface area (Å²) in [6.45, 7) is 1.35. The van der Waals surface area contributed by atoms with Crippen molar-refractivity contribution in [2.75, 3.05) is 7.11 Å². The van der Waals surface area contributed by atoms with Crippen LogP contribution in [0, 0.1) is 0 Å². The molecular weight excluding hydrogens is 218 g/mol. The molecule has 0 bridgehead atoms. The third-order valence-corrected chi connectivity index (χ3v) is 2.77. The first-order chi connectivity index (χ1) is 8.20. The van der Waals surface area contributed by atoms with Crippen LogP contribution in [-0.2, 0) is 16.1 Å². The number of ether oxygens (including phenoxy) is 1. The lowest BCUT2D eigenvalue weighted by Gasteiger charge is -2.17. The second-order valence-electron chi connectivity index (χ2n) is 4.00. The molecule has 0 atom stereocenters. The minimum absolute atomic E-state index is 0.391. The predicted molar refractivity (Wildman–Crippen MR) is 64.2 cm³/mol. The fourth-order valence-corrected chi connectivity index (χ4v) is 1.98. The average Bonchev–Trinajstić information content (AvgIpc) is 2.35. The van der Waals surface area contributed by atoms with E-state index in [1.807, 2.05) is 18.2 Å². The van der Waals surface area contributed by atoms with Gasteiger partial charge in [-0.25, -0.2) is 4.79 Å².